The molecule has 1 atom stereocenters. The third-order valence-corrected chi connectivity index (χ3v) is 3.90. The summed E-state index contributed by atoms with van der Waals surface area (Å²) in [6.45, 7) is 8.81. The summed E-state index contributed by atoms with van der Waals surface area (Å²) in [7, 11) is 0. The van der Waals surface area contributed by atoms with Gasteiger partial charge in [-0.15, -0.1) is 0 Å². The molecule has 1 aromatic carbocycles. The summed E-state index contributed by atoms with van der Waals surface area (Å²) in [5, 5.41) is 3.43. The maximum absolute atomic E-state index is 12.2. The number of anilines is 1. The van der Waals surface area contributed by atoms with Crippen LogP contribution in [0.5, 0.6) is 0 Å². The van der Waals surface area contributed by atoms with Crippen LogP contribution < -0.4 is 11.1 Å². The van der Waals surface area contributed by atoms with Crippen molar-refractivity contribution in [1.82, 2.24) is 10.2 Å². The number of hydrogen-bond donors (Lipinski definition) is 2. The Hall–Kier alpha value is -0.970. The number of amides is 1. The van der Waals surface area contributed by atoms with E-state index in [1.165, 1.54) is 12.1 Å². The largest absolute Gasteiger partial charge is 0.399 e. The van der Waals surface area contributed by atoms with Gasteiger partial charge in [-0.2, -0.15) is 0 Å². The van der Waals surface area contributed by atoms with Crippen LogP contribution in [0.2, 0.25) is 10.0 Å². The van der Waals surface area contributed by atoms with Crippen molar-refractivity contribution in [2.75, 3.05) is 25.4 Å². The number of nitrogen functional groups attached to an aromatic ring is 1. The Morgan fingerprint density at radius 3 is 2.50 bits per heavy atom. The van der Waals surface area contributed by atoms with Crippen molar-refractivity contribution >= 4 is 34.8 Å². The van der Waals surface area contributed by atoms with E-state index >= 15 is 0 Å². The van der Waals surface area contributed by atoms with Crippen LogP contribution in [-0.4, -0.2) is 36.5 Å². The summed E-state index contributed by atoms with van der Waals surface area (Å²) in [6.07, 6.45) is 0. The van der Waals surface area contributed by atoms with Crippen molar-refractivity contribution in [3.05, 3.63) is 27.7 Å². The van der Waals surface area contributed by atoms with E-state index in [4.69, 9.17) is 28.9 Å². The highest BCUT2D eigenvalue weighted by Crippen LogP contribution is 2.28. The second kappa shape index (κ2) is 7.72. The number of carbonyl (C=O) groups is 1. The van der Waals surface area contributed by atoms with Gasteiger partial charge in [0.2, 0.25) is 0 Å². The molecule has 6 heteroatoms. The molecule has 112 valence electrons. The average Bonchev–Trinajstić information content (AvgIpc) is 2.39. The molecule has 0 radical (unpaired) electrons. The van der Waals surface area contributed by atoms with E-state index in [1.54, 1.807) is 0 Å². The summed E-state index contributed by atoms with van der Waals surface area (Å²) in [4.78, 5) is 14.4. The lowest BCUT2D eigenvalue weighted by Crippen LogP contribution is -2.42. The lowest BCUT2D eigenvalue weighted by Gasteiger charge is -2.23. The molecule has 20 heavy (non-hydrogen) atoms. The predicted octanol–water partition coefficient (Wildman–Crippen LogP) is 3.04. The minimum atomic E-state index is -0.260. The van der Waals surface area contributed by atoms with Gasteiger partial charge in [0.1, 0.15) is 0 Å². The number of benzene rings is 1. The summed E-state index contributed by atoms with van der Waals surface area (Å²) >= 11 is 12.0. The molecule has 0 spiro atoms. The molecule has 0 fully saturated rings. The first-order valence-corrected chi connectivity index (χ1v) is 7.42. The summed E-state index contributed by atoms with van der Waals surface area (Å²) in [5.41, 5.74) is 6.42. The van der Waals surface area contributed by atoms with Crippen molar-refractivity contribution in [3.63, 3.8) is 0 Å². The van der Waals surface area contributed by atoms with Crippen molar-refractivity contribution in [3.8, 4) is 0 Å². The van der Waals surface area contributed by atoms with Crippen molar-refractivity contribution in [2.45, 2.75) is 26.8 Å². The Morgan fingerprint density at radius 1 is 1.35 bits per heavy atom. The van der Waals surface area contributed by atoms with E-state index < -0.39 is 0 Å². The van der Waals surface area contributed by atoms with Gasteiger partial charge < -0.3 is 16.0 Å². The molecule has 1 aromatic rings. The normalized spacial score (nSPS) is 12.5. The van der Waals surface area contributed by atoms with E-state index in [1.807, 2.05) is 6.92 Å². The number of nitrogens with zero attached hydrogens (tertiary/aromatic N) is 1. The maximum Gasteiger partial charge on any atom is 0.253 e. The minimum Gasteiger partial charge on any atom is -0.399 e. The fourth-order valence-electron chi connectivity index (χ4n) is 1.99. The second-order valence-electron chi connectivity index (χ2n) is 4.72. The number of nitrogens with one attached hydrogen (secondary N) is 1. The maximum atomic E-state index is 12.2. The van der Waals surface area contributed by atoms with Crippen LogP contribution >= 0.6 is 23.2 Å². The van der Waals surface area contributed by atoms with E-state index in [0.717, 1.165) is 19.6 Å². The van der Waals surface area contributed by atoms with Gasteiger partial charge in [0.15, 0.2) is 0 Å². The van der Waals surface area contributed by atoms with Gasteiger partial charge in [0, 0.05) is 18.3 Å². The van der Waals surface area contributed by atoms with Crippen molar-refractivity contribution < 1.29 is 4.79 Å². The summed E-state index contributed by atoms with van der Waals surface area (Å²) in [5.74, 6) is -0.260. The molecule has 0 aliphatic heterocycles. The molecule has 0 bridgehead atoms. The third-order valence-electron chi connectivity index (χ3n) is 3.10. The fraction of sp³-hybridized carbons (Fsp3) is 0.500. The first-order valence-electron chi connectivity index (χ1n) is 6.66. The third kappa shape index (κ3) is 4.54. The molecule has 0 aromatic heterocycles. The Labute approximate surface area is 130 Å². The molecule has 1 unspecified atom stereocenters. The molecule has 0 saturated heterocycles. The molecule has 0 heterocycles. The molecule has 1 rings (SSSR count). The van der Waals surface area contributed by atoms with Crippen LogP contribution in [-0.2, 0) is 0 Å². The number of nitrogens with two attached hydrogens (primary N) is 1. The minimum absolute atomic E-state index is 0.0127. The topological polar surface area (TPSA) is 58.4 Å². The van der Waals surface area contributed by atoms with E-state index in [-0.39, 0.29) is 22.0 Å². The average molecular weight is 318 g/mol. The first-order chi connectivity index (χ1) is 9.38. The van der Waals surface area contributed by atoms with Crippen molar-refractivity contribution in [1.29, 1.82) is 0 Å². The van der Waals surface area contributed by atoms with Crippen LogP contribution in [0.25, 0.3) is 0 Å². The summed E-state index contributed by atoms with van der Waals surface area (Å²) < 4.78 is 0. The molecule has 0 aliphatic rings. The van der Waals surface area contributed by atoms with E-state index in [0.29, 0.717) is 11.3 Å². The standard InChI is InChI=1S/C14H21Cl2N3O/c1-4-19(5-2)8-9(3)18-14(20)11-6-10(17)7-12(15)13(11)16/h6-7,9H,4-5,8,17H2,1-3H3,(H,18,20). The lowest BCUT2D eigenvalue weighted by atomic mass is 10.1. The van der Waals surface area contributed by atoms with Gasteiger partial charge in [-0.3, -0.25) is 4.79 Å². The quantitative estimate of drug-likeness (QED) is 0.793. The molecule has 0 saturated carbocycles. The number of rotatable bonds is 6. The fourth-order valence-corrected chi connectivity index (χ4v) is 2.41. The monoisotopic (exact) mass is 317 g/mol. The Morgan fingerprint density at radius 2 is 1.95 bits per heavy atom. The highest BCUT2D eigenvalue weighted by molar-refractivity contribution is 6.44. The van der Waals surface area contributed by atoms with Crippen LogP contribution in [0.4, 0.5) is 5.69 Å². The molecule has 3 N–H and O–H groups in total. The molecule has 4 nitrogen and oxygen atoms in total. The van der Waals surface area contributed by atoms with Crippen LogP contribution in [0.15, 0.2) is 12.1 Å². The van der Waals surface area contributed by atoms with Gasteiger partial charge >= 0.3 is 0 Å². The van der Waals surface area contributed by atoms with Gasteiger partial charge in [0.05, 0.1) is 15.6 Å². The van der Waals surface area contributed by atoms with Crippen LogP contribution in [0.3, 0.4) is 0 Å². The van der Waals surface area contributed by atoms with Gasteiger partial charge in [-0.1, -0.05) is 37.0 Å². The Kier molecular flexibility index (Phi) is 6.59. The number of hydrogen-bond acceptors (Lipinski definition) is 3. The second-order valence-corrected chi connectivity index (χ2v) is 5.51. The number of halogens is 2. The zero-order valence-electron chi connectivity index (χ0n) is 12.0. The molecule has 0 aliphatic carbocycles. The van der Waals surface area contributed by atoms with E-state index in [9.17, 15) is 4.79 Å². The highest BCUT2D eigenvalue weighted by atomic mass is 35.5. The van der Waals surface area contributed by atoms with Crippen molar-refractivity contribution in [2.24, 2.45) is 0 Å². The lowest BCUT2D eigenvalue weighted by molar-refractivity contribution is 0.0930. The Balaban J connectivity index is 2.76. The highest BCUT2D eigenvalue weighted by Gasteiger charge is 2.17. The predicted molar refractivity (Wildman–Crippen MR) is 85.6 cm³/mol. The van der Waals surface area contributed by atoms with Gasteiger partial charge in [0.25, 0.3) is 5.91 Å². The smallest absolute Gasteiger partial charge is 0.253 e. The molecular formula is C14H21Cl2N3O. The zero-order valence-corrected chi connectivity index (χ0v) is 13.6. The zero-order chi connectivity index (χ0) is 15.3. The molecular weight excluding hydrogens is 297 g/mol. The van der Waals surface area contributed by atoms with Gasteiger partial charge in [-0.25, -0.2) is 0 Å². The molecule has 1 amide bonds. The SMILES string of the molecule is CCN(CC)CC(C)NC(=O)c1cc(N)cc(Cl)c1Cl. The Bertz CT molecular complexity index is 476. The van der Waals surface area contributed by atoms with Crippen LogP contribution in [0, 0.1) is 0 Å². The first kappa shape index (κ1) is 17.1. The number of likely N-dealkylation sites (N-methyl/N-ethyl adjacent to an activating group) is 1. The van der Waals surface area contributed by atoms with E-state index in [2.05, 4.69) is 24.1 Å². The number of carbonyl (C=O) groups excluding carboxylic acids is 1. The summed E-state index contributed by atoms with van der Waals surface area (Å²) in [6, 6.07) is 3.08. The van der Waals surface area contributed by atoms with Gasteiger partial charge in [-0.05, 0) is 32.1 Å². The van der Waals surface area contributed by atoms with Crippen LogP contribution in [0.1, 0.15) is 31.1 Å².